The third kappa shape index (κ3) is 3.86. The van der Waals surface area contributed by atoms with Crippen LogP contribution in [0.15, 0.2) is 36.7 Å². The van der Waals surface area contributed by atoms with Gasteiger partial charge in [-0.25, -0.2) is 9.97 Å². The minimum absolute atomic E-state index is 0.0262. The number of fused-ring (bicyclic) bond motifs is 3. The number of carbonyl (C=O) groups excluding carboxylic acids is 1. The average molecular weight is 392 g/mol. The SMILES string of the molecule is CN1[C@@H]2CCNc3ccccc3CN(C(=O)c3cnc(C4CC4)nc3)C[C@H]1CC2. The molecule has 29 heavy (non-hydrogen) atoms. The lowest BCUT2D eigenvalue weighted by molar-refractivity contribution is 0.0688. The summed E-state index contributed by atoms with van der Waals surface area (Å²) in [7, 11) is 2.21. The van der Waals surface area contributed by atoms with Crippen molar-refractivity contribution in [2.45, 2.75) is 56.7 Å². The summed E-state index contributed by atoms with van der Waals surface area (Å²) in [4.78, 5) is 26.9. The summed E-state index contributed by atoms with van der Waals surface area (Å²) in [6, 6.07) is 9.33. The summed E-state index contributed by atoms with van der Waals surface area (Å²) >= 11 is 0. The Hall–Kier alpha value is -2.47. The molecule has 1 N–H and O–H groups in total. The molecule has 1 saturated carbocycles. The minimum Gasteiger partial charge on any atom is -0.385 e. The highest BCUT2D eigenvalue weighted by atomic mass is 16.2. The molecular weight excluding hydrogens is 362 g/mol. The molecule has 0 radical (unpaired) electrons. The van der Waals surface area contributed by atoms with Gasteiger partial charge >= 0.3 is 0 Å². The maximum Gasteiger partial charge on any atom is 0.257 e. The summed E-state index contributed by atoms with van der Waals surface area (Å²) in [5.74, 6) is 1.41. The van der Waals surface area contributed by atoms with Crippen molar-refractivity contribution >= 4 is 11.6 Å². The van der Waals surface area contributed by atoms with E-state index in [9.17, 15) is 4.79 Å². The molecule has 6 heteroatoms. The number of benzene rings is 1. The van der Waals surface area contributed by atoms with Gasteiger partial charge < -0.3 is 10.2 Å². The van der Waals surface area contributed by atoms with Crippen molar-refractivity contribution in [2.75, 3.05) is 25.5 Å². The molecule has 1 amide bonds. The van der Waals surface area contributed by atoms with Crippen molar-refractivity contribution < 1.29 is 4.79 Å². The van der Waals surface area contributed by atoms with Crippen LogP contribution < -0.4 is 5.32 Å². The second kappa shape index (κ2) is 7.75. The van der Waals surface area contributed by atoms with E-state index in [4.69, 9.17) is 0 Å². The van der Waals surface area contributed by atoms with Crippen molar-refractivity contribution in [3.05, 3.63) is 53.6 Å². The third-order valence-electron chi connectivity index (χ3n) is 6.74. The van der Waals surface area contributed by atoms with Crippen LogP contribution in [0, 0.1) is 0 Å². The lowest BCUT2D eigenvalue weighted by atomic mass is 10.1. The Morgan fingerprint density at radius 3 is 2.59 bits per heavy atom. The first-order valence-corrected chi connectivity index (χ1v) is 10.8. The number of hydrogen-bond donors (Lipinski definition) is 1. The van der Waals surface area contributed by atoms with Gasteiger partial charge in [0.1, 0.15) is 5.82 Å². The first-order valence-electron chi connectivity index (χ1n) is 10.8. The van der Waals surface area contributed by atoms with E-state index in [0.29, 0.717) is 30.1 Å². The quantitative estimate of drug-likeness (QED) is 0.851. The number of aromatic nitrogens is 2. The van der Waals surface area contributed by atoms with Crippen LogP contribution in [-0.2, 0) is 6.54 Å². The maximum absolute atomic E-state index is 13.4. The second-order valence-corrected chi connectivity index (χ2v) is 8.71. The standard InChI is InChI=1S/C23H29N5O/c1-27-19-8-9-20(27)15-28(14-17-4-2-3-5-21(17)24-11-10-19)23(29)18-12-25-22(26-13-18)16-6-7-16/h2-5,12-13,16,19-20,24H,6-11,14-15H2,1H3/t19-,20+/m0/s1. The van der Waals surface area contributed by atoms with Crippen LogP contribution in [0.25, 0.3) is 0 Å². The number of nitrogens with one attached hydrogen (secondary N) is 1. The zero-order valence-corrected chi connectivity index (χ0v) is 17.1. The van der Waals surface area contributed by atoms with Crippen molar-refractivity contribution in [1.29, 1.82) is 0 Å². The number of hydrogen-bond acceptors (Lipinski definition) is 5. The van der Waals surface area contributed by atoms with E-state index >= 15 is 0 Å². The van der Waals surface area contributed by atoms with Crippen LogP contribution in [0.2, 0.25) is 0 Å². The molecule has 1 aliphatic carbocycles. The summed E-state index contributed by atoms with van der Waals surface area (Å²) in [6.45, 7) is 2.30. The molecule has 2 bridgehead atoms. The highest BCUT2D eigenvalue weighted by Gasteiger charge is 2.33. The molecule has 2 atom stereocenters. The van der Waals surface area contributed by atoms with E-state index in [1.54, 1.807) is 12.4 Å². The predicted molar refractivity (Wildman–Crippen MR) is 113 cm³/mol. The fourth-order valence-corrected chi connectivity index (χ4v) is 4.72. The molecule has 0 unspecified atom stereocenters. The van der Waals surface area contributed by atoms with Crippen molar-refractivity contribution in [3.8, 4) is 0 Å². The van der Waals surface area contributed by atoms with Gasteiger partial charge in [-0.2, -0.15) is 0 Å². The van der Waals surface area contributed by atoms with Gasteiger partial charge in [-0.3, -0.25) is 9.69 Å². The normalized spacial score (nSPS) is 25.1. The van der Waals surface area contributed by atoms with Crippen LogP contribution in [0.3, 0.4) is 0 Å². The van der Waals surface area contributed by atoms with Crippen LogP contribution in [-0.4, -0.2) is 57.9 Å². The fourth-order valence-electron chi connectivity index (χ4n) is 4.72. The van der Waals surface area contributed by atoms with E-state index in [0.717, 1.165) is 43.0 Å². The van der Waals surface area contributed by atoms with Crippen LogP contribution in [0.4, 0.5) is 5.69 Å². The van der Waals surface area contributed by atoms with Crippen molar-refractivity contribution in [3.63, 3.8) is 0 Å². The van der Waals surface area contributed by atoms with Gasteiger partial charge in [0, 0.05) is 55.7 Å². The molecule has 2 aromatic rings. The lowest BCUT2D eigenvalue weighted by Crippen LogP contribution is -2.43. The predicted octanol–water partition coefficient (Wildman–Crippen LogP) is 3.27. The first kappa shape index (κ1) is 18.6. The average Bonchev–Trinajstić information content (AvgIpc) is 3.54. The van der Waals surface area contributed by atoms with E-state index < -0.39 is 0 Å². The summed E-state index contributed by atoms with van der Waals surface area (Å²) in [5.41, 5.74) is 2.88. The van der Waals surface area contributed by atoms with Gasteiger partial charge in [0.25, 0.3) is 5.91 Å². The molecule has 0 spiro atoms. The van der Waals surface area contributed by atoms with Gasteiger partial charge in [-0.05, 0) is 50.8 Å². The molecule has 1 aromatic carbocycles. The smallest absolute Gasteiger partial charge is 0.257 e. The van der Waals surface area contributed by atoms with Crippen molar-refractivity contribution in [1.82, 2.24) is 19.8 Å². The van der Waals surface area contributed by atoms with E-state index in [1.165, 1.54) is 19.3 Å². The molecular formula is C23H29N5O. The van der Waals surface area contributed by atoms with Gasteiger partial charge in [0.05, 0.1) is 5.56 Å². The number of anilines is 1. The van der Waals surface area contributed by atoms with Crippen LogP contribution in [0.5, 0.6) is 0 Å². The number of amides is 1. The highest BCUT2D eigenvalue weighted by Crippen LogP contribution is 2.37. The lowest BCUT2D eigenvalue weighted by Gasteiger charge is -2.31. The van der Waals surface area contributed by atoms with Crippen LogP contribution in [0.1, 0.15) is 59.8 Å². The van der Waals surface area contributed by atoms with Gasteiger partial charge in [0.15, 0.2) is 0 Å². The number of nitrogens with zero attached hydrogens (tertiary/aromatic N) is 4. The van der Waals surface area contributed by atoms with Gasteiger partial charge in [-0.15, -0.1) is 0 Å². The molecule has 6 nitrogen and oxygen atoms in total. The molecule has 1 saturated heterocycles. The Kier molecular flexibility index (Phi) is 4.96. The molecule has 1 aromatic heterocycles. The number of likely N-dealkylation sites (N-methyl/N-ethyl adjacent to an activating group) is 1. The summed E-state index contributed by atoms with van der Waals surface area (Å²) < 4.78 is 0. The van der Waals surface area contributed by atoms with E-state index in [1.807, 2.05) is 4.90 Å². The molecule has 3 heterocycles. The Morgan fingerprint density at radius 2 is 1.79 bits per heavy atom. The molecule has 3 aliphatic rings. The van der Waals surface area contributed by atoms with Gasteiger partial charge in [0.2, 0.25) is 0 Å². The Labute approximate surface area is 172 Å². The maximum atomic E-state index is 13.4. The summed E-state index contributed by atoms with van der Waals surface area (Å²) in [6.07, 6.45) is 9.25. The van der Waals surface area contributed by atoms with E-state index in [-0.39, 0.29) is 5.91 Å². The first-order chi connectivity index (χ1) is 14.2. The van der Waals surface area contributed by atoms with E-state index in [2.05, 4.69) is 51.5 Å². The highest BCUT2D eigenvalue weighted by molar-refractivity contribution is 5.93. The zero-order chi connectivity index (χ0) is 19.8. The largest absolute Gasteiger partial charge is 0.385 e. The Bertz CT molecular complexity index is 879. The molecule has 5 rings (SSSR count). The minimum atomic E-state index is 0.0262. The fraction of sp³-hybridized carbons (Fsp3) is 0.522. The number of rotatable bonds is 2. The topological polar surface area (TPSA) is 61.4 Å². The number of carbonyl (C=O) groups is 1. The third-order valence-corrected chi connectivity index (χ3v) is 6.74. The second-order valence-electron chi connectivity index (χ2n) is 8.71. The Balaban J connectivity index is 1.44. The van der Waals surface area contributed by atoms with Crippen LogP contribution >= 0.6 is 0 Å². The molecule has 2 aliphatic heterocycles. The molecule has 2 fully saturated rings. The number of para-hydroxylation sites is 1. The Morgan fingerprint density at radius 1 is 1.03 bits per heavy atom. The zero-order valence-electron chi connectivity index (χ0n) is 17.1. The van der Waals surface area contributed by atoms with Gasteiger partial charge in [-0.1, -0.05) is 18.2 Å². The molecule has 152 valence electrons. The monoisotopic (exact) mass is 391 g/mol. The van der Waals surface area contributed by atoms with Crippen molar-refractivity contribution in [2.24, 2.45) is 0 Å². The summed E-state index contributed by atoms with van der Waals surface area (Å²) in [5, 5.41) is 3.60.